The third-order valence-electron chi connectivity index (χ3n) is 3.20. The Morgan fingerprint density at radius 1 is 1.18 bits per heavy atom. The van der Waals surface area contributed by atoms with Crippen molar-refractivity contribution in [1.82, 2.24) is 0 Å². The Bertz CT molecular complexity index is 769. The maximum atomic E-state index is 12.2. The fourth-order valence-corrected chi connectivity index (χ4v) is 2.03. The number of nitriles is 1. The zero-order chi connectivity index (χ0) is 16.1. The molecule has 2 rings (SSSR count). The van der Waals surface area contributed by atoms with Gasteiger partial charge in [-0.1, -0.05) is 29.8 Å². The van der Waals surface area contributed by atoms with Gasteiger partial charge in [0.15, 0.2) is 0 Å². The first kappa shape index (κ1) is 15.3. The molecule has 0 fully saturated rings. The smallest absolute Gasteiger partial charge is 0.266 e. The molecule has 22 heavy (non-hydrogen) atoms. The van der Waals surface area contributed by atoms with Gasteiger partial charge >= 0.3 is 0 Å². The highest BCUT2D eigenvalue weighted by molar-refractivity contribution is 6.09. The summed E-state index contributed by atoms with van der Waals surface area (Å²) in [6, 6.07) is 13.9. The highest BCUT2D eigenvalue weighted by Crippen LogP contribution is 2.18. The van der Waals surface area contributed by atoms with E-state index in [0.717, 1.165) is 11.1 Å². The first-order valence-electron chi connectivity index (χ1n) is 6.79. The van der Waals surface area contributed by atoms with Gasteiger partial charge in [0.25, 0.3) is 5.91 Å². The van der Waals surface area contributed by atoms with E-state index in [-0.39, 0.29) is 11.3 Å². The summed E-state index contributed by atoms with van der Waals surface area (Å²) < 4.78 is 0. The first-order valence-corrected chi connectivity index (χ1v) is 6.79. The summed E-state index contributed by atoms with van der Waals surface area (Å²) >= 11 is 0. The number of phenols is 1. The van der Waals surface area contributed by atoms with Crippen LogP contribution >= 0.6 is 0 Å². The van der Waals surface area contributed by atoms with Crippen LogP contribution in [-0.4, -0.2) is 11.0 Å². The van der Waals surface area contributed by atoms with Gasteiger partial charge in [0.2, 0.25) is 0 Å². The Balaban J connectivity index is 2.22. The van der Waals surface area contributed by atoms with Crippen molar-refractivity contribution in [3.8, 4) is 11.8 Å². The molecule has 0 unspecified atom stereocenters. The van der Waals surface area contributed by atoms with Crippen LogP contribution in [0.2, 0.25) is 0 Å². The molecule has 0 radical (unpaired) electrons. The molecule has 0 spiro atoms. The summed E-state index contributed by atoms with van der Waals surface area (Å²) in [5.74, 6) is -0.321. The average Bonchev–Trinajstić information content (AvgIpc) is 2.49. The number of aromatic hydroxyl groups is 1. The maximum absolute atomic E-state index is 12.2. The molecule has 110 valence electrons. The number of carbonyl (C=O) groups is 1. The lowest BCUT2D eigenvalue weighted by atomic mass is 10.1. The molecule has 0 saturated carbocycles. The molecular weight excluding hydrogens is 276 g/mol. The molecule has 2 aromatic carbocycles. The lowest BCUT2D eigenvalue weighted by molar-refractivity contribution is -0.112. The van der Waals surface area contributed by atoms with Crippen molar-refractivity contribution in [2.24, 2.45) is 0 Å². The summed E-state index contributed by atoms with van der Waals surface area (Å²) in [5.41, 5.74) is 3.41. The van der Waals surface area contributed by atoms with Gasteiger partial charge < -0.3 is 10.4 Å². The second-order valence-corrected chi connectivity index (χ2v) is 5.03. The molecule has 0 aliphatic heterocycles. The molecule has 0 heterocycles. The van der Waals surface area contributed by atoms with Crippen LogP contribution in [0.3, 0.4) is 0 Å². The number of nitrogens with zero attached hydrogens (tertiary/aromatic N) is 1. The number of anilines is 1. The van der Waals surface area contributed by atoms with Crippen LogP contribution in [0.1, 0.15) is 16.7 Å². The van der Waals surface area contributed by atoms with Gasteiger partial charge in [-0.2, -0.15) is 5.26 Å². The number of hydrogen-bond acceptors (Lipinski definition) is 3. The van der Waals surface area contributed by atoms with E-state index in [2.05, 4.69) is 5.32 Å². The number of aryl methyl sites for hydroxylation is 2. The van der Waals surface area contributed by atoms with Crippen LogP contribution in [0.5, 0.6) is 5.75 Å². The van der Waals surface area contributed by atoms with E-state index in [9.17, 15) is 15.2 Å². The van der Waals surface area contributed by atoms with Gasteiger partial charge in [-0.3, -0.25) is 4.79 Å². The highest BCUT2D eigenvalue weighted by atomic mass is 16.3. The van der Waals surface area contributed by atoms with Crippen molar-refractivity contribution in [2.45, 2.75) is 13.8 Å². The van der Waals surface area contributed by atoms with Gasteiger partial charge in [-0.05, 0) is 49.2 Å². The molecule has 0 aromatic heterocycles. The van der Waals surface area contributed by atoms with Gasteiger partial charge in [-0.25, -0.2) is 0 Å². The fraction of sp³-hybridized carbons (Fsp3) is 0.111. The first-order chi connectivity index (χ1) is 10.5. The summed E-state index contributed by atoms with van der Waals surface area (Å²) in [6.45, 7) is 3.88. The maximum Gasteiger partial charge on any atom is 0.266 e. The van der Waals surface area contributed by atoms with E-state index in [4.69, 9.17) is 0 Å². The van der Waals surface area contributed by atoms with E-state index in [1.165, 1.54) is 18.2 Å². The number of nitrogens with one attached hydrogen (secondary N) is 1. The standard InChI is InChI=1S/C18H16N2O2/c1-12-3-8-17(13(2)9-12)20-18(22)15(11-19)10-14-4-6-16(21)7-5-14/h3-10,21H,1-2H3,(H,20,22)/b15-10-. The topological polar surface area (TPSA) is 73.1 Å². The molecule has 0 atom stereocenters. The largest absolute Gasteiger partial charge is 0.508 e. The summed E-state index contributed by atoms with van der Waals surface area (Å²) in [4.78, 5) is 12.2. The Hall–Kier alpha value is -3.06. The van der Waals surface area contributed by atoms with Gasteiger partial charge in [0.1, 0.15) is 17.4 Å². The number of phenolic OH excluding ortho intramolecular Hbond substituents is 1. The van der Waals surface area contributed by atoms with E-state index in [1.807, 2.05) is 38.1 Å². The molecule has 0 aliphatic rings. The minimum atomic E-state index is -0.456. The third-order valence-corrected chi connectivity index (χ3v) is 3.20. The summed E-state index contributed by atoms with van der Waals surface area (Å²) in [5, 5.41) is 21.2. The lowest BCUT2D eigenvalue weighted by Gasteiger charge is -2.08. The number of amides is 1. The van der Waals surface area contributed by atoms with Gasteiger partial charge in [-0.15, -0.1) is 0 Å². The minimum Gasteiger partial charge on any atom is -0.508 e. The van der Waals surface area contributed by atoms with Crippen LogP contribution in [0.4, 0.5) is 5.69 Å². The Morgan fingerprint density at radius 3 is 2.45 bits per heavy atom. The monoisotopic (exact) mass is 292 g/mol. The molecule has 0 saturated heterocycles. The third kappa shape index (κ3) is 3.74. The van der Waals surface area contributed by atoms with Crippen LogP contribution in [-0.2, 0) is 4.79 Å². The Morgan fingerprint density at radius 2 is 1.86 bits per heavy atom. The molecule has 1 amide bonds. The van der Waals surface area contributed by atoms with Gasteiger partial charge in [0, 0.05) is 5.69 Å². The van der Waals surface area contributed by atoms with E-state index in [1.54, 1.807) is 12.1 Å². The number of rotatable bonds is 3. The van der Waals surface area contributed by atoms with Crippen molar-refractivity contribution in [3.05, 3.63) is 64.7 Å². The highest BCUT2D eigenvalue weighted by Gasteiger charge is 2.10. The van der Waals surface area contributed by atoms with Crippen molar-refractivity contribution in [3.63, 3.8) is 0 Å². The summed E-state index contributed by atoms with van der Waals surface area (Å²) in [6.07, 6.45) is 1.48. The Kier molecular flexibility index (Phi) is 4.60. The van der Waals surface area contributed by atoms with Crippen molar-refractivity contribution in [1.29, 1.82) is 5.26 Å². The normalized spacial score (nSPS) is 10.9. The SMILES string of the molecule is Cc1ccc(NC(=O)/C(C#N)=C\c2ccc(O)cc2)c(C)c1. The second kappa shape index (κ2) is 6.59. The number of benzene rings is 2. The predicted molar refractivity (Wildman–Crippen MR) is 86.2 cm³/mol. The van der Waals surface area contributed by atoms with Crippen molar-refractivity contribution >= 4 is 17.7 Å². The van der Waals surface area contributed by atoms with E-state index >= 15 is 0 Å². The average molecular weight is 292 g/mol. The van der Waals surface area contributed by atoms with Crippen LogP contribution in [0.25, 0.3) is 6.08 Å². The second-order valence-electron chi connectivity index (χ2n) is 5.03. The molecule has 2 N–H and O–H groups in total. The molecule has 2 aromatic rings. The van der Waals surface area contributed by atoms with E-state index in [0.29, 0.717) is 11.3 Å². The van der Waals surface area contributed by atoms with Gasteiger partial charge in [0.05, 0.1) is 0 Å². The van der Waals surface area contributed by atoms with Crippen molar-refractivity contribution < 1.29 is 9.90 Å². The predicted octanol–water partition coefficient (Wildman–Crippen LogP) is 3.55. The quantitative estimate of drug-likeness (QED) is 0.671. The lowest BCUT2D eigenvalue weighted by Crippen LogP contribution is -2.14. The number of hydrogen-bond donors (Lipinski definition) is 2. The Labute approximate surface area is 129 Å². The minimum absolute atomic E-state index is 0.00525. The van der Waals surface area contributed by atoms with Crippen molar-refractivity contribution in [2.75, 3.05) is 5.32 Å². The molecule has 4 heteroatoms. The van der Waals surface area contributed by atoms with E-state index < -0.39 is 5.91 Å². The zero-order valence-electron chi connectivity index (χ0n) is 12.4. The zero-order valence-corrected chi connectivity index (χ0v) is 12.4. The molecule has 4 nitrogen and oxygen atoms in total. The number of carbonyl (C=O) groups excluding carboxylic acids is 1. The molecule has 0 aliphatic carbocycles. The van der Waals surface area contributed by atoms with Crippen LogP contribution in [0.15, 0.2) is 48.0 Å². The molecule has 0 bridgehead atoms. The molecular formula is C18H16N2O2. The van der Waals surface area contributed by atoms with Crippen LogP contribution in [0, 0.1) is 25.2 Å². The fourth-order valence-electron chi connectivity index (χ4n) is 2.03. The van der Waals surface area contributed by atoms with Crippen LogP contribution < -0.4 is 5.32 Å². The summed E-state index contributed by atoms with van der Waals surface area (Å²) in [7, 11) is 0.